The number of fused-ring (bicyclic) bond motifs is 1. The van der Waals surface area contributed by atoms with Crippen molar-refractivity contribution in [1.82, 2.24) is 4.98 Å². The maximum absolute atomic E-state index is 12.7. The molecule has 6 heteroatoms. The van der Waals surface area contributed by atoms with Crippen LogP contribution in [-0.2, 0) is 4.74 Å². The Morgan fingerprint density at radius 2 is 1.96 bits per heavy atom. The monoisotopic (exact) mass is 489 g/mol. The normalized spacial score (nSPS) is 11.6. The summed E-state index contributed by atoms with van der Waals surface area (Å²) in [6.45, 7) is 11.3. The second kappa shape index (κ2) is 9.21. The first-order chi connectivity index (χ1) is 12.3. The Hall–Kier alpha value is -1.09. The van der Waals surface area contributed by atoms with Crippen molar-refractivity contribution in [1.29, 1.82) is 0 Å². The van der Waals surface area contributed by atoms with Gasteiger partial charge in [0.15, 0.2) is 0 Å². The van der Waals surface area contributed by atoms with Crippen molar-refractivity contribution in [3.63, 3.8) is 0 Å². The third kappa shape index (κ3) is 4.79. The van der Waals surface area contributed by atoms with Crippen LogP contribution >= 0.6 is 0 Å². The van der Waals surface area contributed by atoms with E-state index in [9.17, 15) is 4.79 Å². The molecule has 26 heavy (non-hydrogen) atoms. The summed E-state index contributed by atoms with van der Waals surface area (Å²) >= 11 is -0.419. The number of unbranched alkanes of at least 4 members (excludes halogenated alkanes) is 1. The topological polar surface area (TPSA) is 48.4 Å². The molecule has 0 unspecified atom stereocenters. The Labute approximate surface area is 167 Å². The van der Waals surface area contributed by atoms with E-state index in [-0.39, 0.29) is 5.97 Å². The average molecular weight is 487 g/mol. The molecule has 142 valence electrons. The number of nitrogens with zero attached hydrogens (tertiary/aromatic N) is 1. The number of ether oxygens (including phenoxy) is 2. The van der Waals surface area contributed by atoms with Crippen LogP contribution in [-0.4, -0.2) is 53.7 Å². The zero-order chi connectivity index (χ0) is 19.3. The molecular formula is C20H29NO3SiTe. The summed E-state index contributed by atoms with van der Waals surface area (Å²) in [5.41, 5.74) is 1.41. The summed E-state index contributed by atoms with van der Waals surface area (Å²) in [5, 5.41) is 2.35. The number of hydrogen-bond donors (Lipinski definition) is 0. The number of hydrogen-bond acceptors (Lipinski definition) is 4. The zero-order valence-electron chi connectivity index (χ0n) is 16.6. The van der Waals surface area contributed by atoms with Crippen LogP contribution in [0.2, 0.25) is 24.1 Å². The molecule has 0 aliphatic heterocycles. The van der Waals surface area contributed by atoms with Gasteiger partial charge in [-0.2, -0.15) is 0 Å². The van der Waals surface area contributed by atoms with E-state index in [1.807, 2.05) is 19.1 Å². The number of rotatable bonds is 8. The number of benzene rings is 1. The van der Waals surface area contributed by atoms with E-state index in [2.05, 4.69) is 32.6 Å². The van der Waals surface area contributed by atoms with Gasteiger partial charge in [0.05, 0.1) is 0 Å². The molecule has 0 aliphatic carbocycles. The Bertz CT molecular complexity index is 787. The van der Waals surface area contributed by atoms with Gasteiger partial charge in [-0.15, -0.1) is 0 Å². The van der Waals surface area contributed by atoms with Crippen LogP contribution < -0.4 is 13.5 Å². The van der Waals surface area contributed by atoms with Gasteiger partial charge in [0.2, 0.25) is 0 Å². The van der Waals surface area contributed by atoms with Crippen molar-refractivity contribution in [3.8, 4) is 5.75 Å². The van der Waals surface area contributed by atoms with Gasteiger partial charge in [-0.1, -0.05) is 0 Å². The molecule has 0 spiro atoms. The van der Waals surface area contributed by atoms with E-state index in [1.165, 1.54) is 26.1 Å². The molecule has 0 bridgehead atoms. The Balaban J connectivity index is 2.79. The summed E-state index contributed by atoms with van der Waals surface area (Å²) in [6.07, 6.45) is 2.43. The first-order valence-electron chi connectivity index (χ1n) is 9.15. The van der Waals surface area contributed by atoms with E-state index in [1.54, 1.807) is 7.11 Å². The molecule has 2 rings (SSSR count). The molecule has 0 atom stereocenters. The molecule has 1 heterocycles. The third-order valence-electron chi connectivity index (χ3n) is 4.11. The average Bonchev–Trinajstić information content (AvgIpc) is 2.60. The molecule has 0 radical (unpaired) electrons. The van der Waals surface area contributed by atoms with Crippen LogP contribution in [0.5, 0.6) is 5.75 Å². The molecule has 0 fully saturated rings. The van der Waals surface area contributed by atoms with Gasteiger partial charge >= 0.3 is 168 Å². The van der Waals surface area contributed by atoms with Crippen LogP contribution in [0.1, 0.15) is 37.2 Å². The number of aromatic nitrogens is 1. The van der Waals surface area contributed by atoms with Crippen LogP contribution in [0.3, 0.4) is 0 Å². The fourth-order valence-corrected chi connectivity index (χ4v) is 11.1. The molecule has 0 aliphatic rings. The van der Waals surface area contributed by atoms with E-state index >= 15 is 0 Å². The quantitative estimate of drug-likeness (QED) is 0.325. The molecule has 1 aromatic heterocycles. The molecule has 2 aromatic rings. The maximum atomic E-state index is 12.7. The fraction of sp³-hybridized carbons (Fsp3) is 0.500. The van der Waals surface area contributed by atoms with Crippen LogP contribution in [0.15, 0.2) is 18.2 Å². The van der Waals surface area contributed by atoms with Crippen LogP contribution in [0.4, 0.5) is 0 Å². The molecule has 0 amide bonds. The van der Waals surface area contributed by atoms with Gasteiger partial charge in [-0.3, -0.25) is 0 Å². The summed E-state index contributed by atoms with van der Waals surface area (Å²) in [4.78, 5) is 17.4. The minimum atomic E-state index is -1.79. The van der Waals surface area contributed by atoms with Gasteiger partial charge in [0.25, 0.3) is 0 Å². The minimum absolute atomic E-state index is 0.285. The first kappa shape index (κ1) is 21.2. The molecule has 0 saturated carbocycles. The molecule has 1 aromatic carbocycles. The predicted molar refractivity (Wildman–Crippen MR) is 112 cm³/mol. The number of esters is 1. The number of carbonyl (C=O) groups is 1. The predicted octanol–water partition coefficient (Wildman–Crippen LogP) is 3.51. The van der Waals surface area contributed by atoms with Crippen molar-refractivity contribution in [2.24, 2.45) is 0 Å². The second-order valence-corrected chi connectivity index (χ2v) is 15.4. The summed E-state index contributed by atoms with van der Waals surface area (Å²) in [6, 6.07) is 5.96. The molecule has 0 saturated heterocycles. The molecular weight excluding hydrogens is 458 g/mol. The first-order valence-corrected chi connectivity index (χ1v) is 15.5. The van der Waals surface area contributed by atoms with E-state index in [0.717, 1.165) is 16.7 Å². The Kier molecular flexibility index (Phi) is 7.51. The van der Waals surface area contributed by atoms with Gasteiger partial charge in [0, 0.05) is 0 Å². The van der Waals surface area contributed by atoms with Crippen molar-refractivity contribution >= 4 is 54.7 Å². The molecule has 4 nitrogen and oxygen atoms in total. The standard InChI is InChI=1S/C20H29NO3SiTe/c1-7-9-12-26-19-15-13-14(23-3)10-11-16(15)21-17(20(22)24-8-2)18(19)25(4,5)6/h10-11,13H,7-9,12H2,1-6H3. The second-order valence-electron chi connectivity index (χ2n) is 7.22. The van der Waals surface area contributed by atoms with Crippen molar-refractivity contribution in [2.75, 3.05) is 13.7 Å². The van der Waals surface area contributed by atoms with Gasteiger partial charge in [0.1, 0.15) is 0 Å². The van der Waals surface area contributed by atoms with Crippen molar-refractivity contribution in [3.05, 3.63) is 23.9 Å². The van der Waals surface area contributed by atoms with E-state index in [4.69, 9.17) is 14.5 Å². The fourth-order valence-electron chi connectivity index (χ4n) is 2.85. The van der Waals surface area contributed by atoms with Crippen LogP contribution in [0, 0.1) is 0 Å². The Morgan fingerprint density at radius 1 is 1.23 bits per heavy atom. The van der Waals surface area contributed by atoms with Crippen molar-refractivity contribution < 1.29 is 14.3 Å². The molecule has 0 N–H and O–H groups in total. The number of pyridine rings is 1. The zero-order valence-corrected chi connectivity index (χ0v) is 20.0. The number of methoxy groups -OCH3 is 1. The summed E-state index contributed by atoms with van der Waals surface area (Å²) in [5.74, 6) is 0.556. The third-order valence-corrected chi connectivity index (χ3v) is 10.1. The Morgan fingerprint density at radius 3 is 2.54 bits per heavy atom. The van der Waals surface area contributed by atoms with Gasteiger partial charge in [-0.05, 0) is 0 Å². The SMILES string of the molecule is CCCC[Te]c1c([Si](C)(C)C)c(C(=O)OCC)nc2ccc(OC)cc12. The van der Waals surface area contributed by atoms with Gasteiger partial charge < -0.3 is 0 Å². The van der Waals surface area contributed by atoms with E-state index < -0.39 is 29.0 Å². The summed E-state index contributed by atoms with van der Waals surface area (Å²) < 4.78 is 13.4. The number of carbonyl (C=O) groups excluding carboxylic acids is 1. The van der Waals surface area contributed by atoms with Crippen LogP contribution in [0.25, 0.3) is 10.9 Å². The summed E-state index contributed by atoms with van der Waals surface area (Å²) in [7, 11) is -0.102. The van der Waals surface area contributed by atoms with Crippen molar-refractivity contribution in [2.45, 2.75) is 50.8 Å². The van der Waals surface area contributed by atoms with Gasteiger partial charge in [-0.25, -0.2) is 0 Å². The van der Waals surface area contributed by atoms with E-state index in [0.29, 0.717) is 12.3 Å².